The van der Waals surface area contributed by atoms with Gasteiger partial charge in [0.25, 0.3) is 0 Å². The number of aromatic nitrogens is 1. The number of nitrogens with zero attached hydrogens (tertiary/aromatic N) is 4. The van der Waals surface area contributed by atoms with Gasteiger partial charge in [-0.15, -0.1) is 6.42 Å². The molecule has 8 nitrogen and oxygen atoms in total. The Morgan fingerprint density at radius 1 is 1.24 bits per heavy atom. The zero-order valence-electron chi connectivity index (χ0n) is 20.7. The van der Waals surface area contributed by atoms with E-state index in [4.69, 9.17) is 20.4 Å². The van der Waals surface area contributed by atoms with Crippen LogP contribution in [-0.4, -0.2) is 98.4 Å². The van der Waals surface area contributed by atoms with E-state index < -0.39 is 6.10 Å². The summed E-state index contributed by atoms with van der Waals surface area (Å²) < 4.78 is 16.7. The highest BCUT2D eigenvalue weighted by atomic mass is 16.5. The Labute approximate surface area is 203 Å². The Bertz CT molecular complexity index is 890. The van der Waals surface area contributed by atoms with E-state index in [-0.39, 0.29) is 19.3 Å². The summed E-state index contributed by atoms with van der Waals surface area (Å²) in [5.41, 5.74) is 2.86. The molecule has 1 aliphatic heterocycles. The summed E-state index contributed by atoms with van der Waals surface area (Å²) >= 11 is 0. The van der Waals surface area contributed by atoms with Gasteiger partial charge in [-0.3, -0.25) is 9.80 Å². The molecule has 0 bridgehead atoms. The van der Waals surface area contributed by atoms with Crippen molar-refractivity contribution in [2.45, 2.75) is 32.5 Å². The molecule has 8 heteroatoms. The summed E-state index contributed by atoms with van der Waals surface area (Å²) in [5.74, 6) is 3.20. The maximum absolute atomic E-state index is 10.6. The lowest BCUT2D eigenvalue weighted by Crippen LogP contribution is -2.43. The highest BCUT2D eigenvalue weighted by Gasteiger charge is 2.25. The monoisotopic (exact) mass is 470 g/mol. The maximum Gasteiger partial charge on any atom is 0.232 e. The number of anilines is 1. The fraction of sp³-hybridized carbons (Fsp3) is 0.577. The minimum absolute atomic E-state index is 0.192. The van der Waals surface area contributed by atoms with Crippen LogP contribution in [0.2, 0.25) is 0 Å². The molecule has 2 aromatic rings. The summed E-state index contributed by atoms with van der Waals surface area (Å²) in [6.45, 7) is 10.7. The zero-order chi connectivity index (χ0) is 24.3. The Kier molecular flexibility index (Phi) is 10.4. The average molecular weight is 471 g/mol. The molecule has 1 unspecified atom stereocenters. The number of hydrogen-bond donors (Lipinski definition) is 1. The van der Waals surface area contributed by atoms with Crippen LogP contribution in [0.25, 0.3) is 11.3 Å². The van der Waals surface area contributed by atoms with Crippen LogP contribution < -0.4 is 4.90 Å². The van der Waals surface area contributed by atoms with Gasteiger partial charge >= 0.3 is 0 Å². The van der Waals surface area contributed by atoms with Crippen LogP contribution in [0.15, 0.2) is 34.9 Å². The van der Waals surface area contributed by atoms with Gasteiger partial charge in [0, 0.05) is 57.9 Å². The molecule has 1 aromatic carbocycles. The van der Waals surface area contributed by atoms with Gasteiger partial charge in [-0.1, -0.05) is 41.4 Å². The van der Waals surface area contributed by atoms with Crippen LogP contribution >= 0.6 is 0 Å². The van der Waals surface area contributed by atoms with Gasteiger partial charge in [0.15, 0.2) is 0 Å². The summed E-state index contributed by atoms with van der Waals surface area (Å²) in [5, 5.41) is 15.1. The molecule has 1 aromatic heterocycles. The Balaban J connectivity index is 1.83. The van der Waals surface area contributed by atoms with E-state index in [9.17, 15) is 5.11 Å². The van der Waals surface area contributed by atoms with Crippen LogP contribution in [0.4, 0.5) is 5.88 Å². The molecule has 186 valence electrons. The van der Waals surface area contributed by atoms with Gasteiger partial charge < -0.3 is 24.0 Å². The fourth-order valence-electron chi connectivity index (χ4n) is 3.95. The molecule has 0 saturated carbocycles. The minimum Gasteiger partial charge on any atom is -0.389 e. The number of hydrogen-bond acceptors (Lipinski definition) is 8. The van der Waals surface area contributed by atoms with Crippen molar-refractivity contribution in [3.63, 3.8) is 0 Å². The van der Waals surface area contributed by atoms with Crippen molar-refractivity contribution in [3.8, 4) is 23.6 Å². The molecule has 1 saturated heterocycles. The van der Waals surface area contributed by atoms with E-state index in [2.05, 4.69) is 39.6 Å². The molecular formula is C26H38N4O4. The highest BCUT2D eigenvalue weighted by Crippen LogP contribution is 2.32. The van der Waals surface area contributed by atoms with Crippen molar-refractivity contribution in [3.05, 3.63) is 35.9 Å². The lowest BCUT2D eigenvalue weighted by atomic mass is 10.1. The van der Waals surface area contributed by atoms with E-state index >= 15 is 0 Å². The summed E-state index contributed by atoms with van der Waals surface area (Å²) in [7, 11) is 2.02. The third kappa shape index (κ3) is 7.55. The van der Waals surface area contributed by atoms with Crippen LogP contribution in [0.5, 0.6) is 0 Å². The third-order valence-electron chi connectivity index (χ3n) is 6.09. The molecule has 1 N–H and O–H groups in total. The lowest BCUT2D eigenvalue weighted by Gasteiger charge is -2.31. The summed E-state index contributed by atoms with van der Waals surface area (Å²) in [4.78, 5) is 6.74. The smallest absolute Gasteiger partial charge is 0.232 e. The molecular weight excluding hydrogens is 432 g/mol. The van der Waals surface area contributed by atoms with Crippen LogP contribution in [-0.2, 0) is 16.0 Å². The van der Waals surface area contributed by atoms with Crippen molar-refractivity contribution < 1.29 is 19.1 Å². The number of aliphatic hydroxyl groups is 1. The number of aliphatic hydroxyl groups excluding tert-OH is 1. The normalized spacial score (nSPS) is 15.6. The van der Waals surface area contributed by atoms with Crippen molar-refractivity contribution in [1.82, 2.24) is 15.0 Å². The molecule has 1 fully saturated rings. The summed E-state index contributed by atoms with van der Waals surface area (Å²) in [6, 6.07) is 10.3. The topological polar surface area (TPSA) is 74.4 Å². The minimum atomic E-state index is -0.649. The van der Waals surface area contributed by atoms with Crippen molar-refractivity contribution in [1.29, 1.82) is 0 Å². The average Bonchev–Trinajstić information content (AvgIpc) is 3.26. The van der Waals surface area contributed by atoms with Crippen molar-refractivity contribution in [2.75, 3.05) is 71.1 Å². The van der Waals surface area contributed by atoms with E-state index in [0.717, 1.165) is 62.1 Å². The first-order chi connectivity index (χ1) is 16.5. The quantitative estimate of drug-likeness (QED) is 0.353. The standard InChI is InChI=1S/C26H38N4O4/c1-5-15-33-20-23(31)18-30(12-11-29-13-16-32-17-14-29)19-24-25(22-9-7-6-8-10-22)27-34-26(24)28(4)21(2)3/h1,6-10,21,23,31H,11-20H2,2-4H3. The van der Waals surface area contributed by atoms with Crippen molar-refractivity contribution >= 4 is 5.88 Å². The molecule has 0 radical (unpaired) electrons. The SMILES string of the molecule is C#CCOCC(O)CN(CCN1CCOCC1)Cc1c(-c2ccccc2)noc1N(C)C(C)C. The van der Waals surface area contributed by atoms with Gasteiger partial charge in [-0.25, -0.2) is 0 Å². The summed E-state index contributed by atoms with van der Waals surface area (Å²) in [6.07, 6.45) is 4.62. The number of benzene rings is 1. The third-order valence-corrected chi connectivity index (χ3v) is 6.09. The van der Waals surface area contributed by atoms with E-state index in [0.29, 0.717) is 13.1 Å². The van der Waals surface area contributed by atoms with Gasteiger partial charge in [0.05, 0.1) is 31.5 Å². The first kappa shape index (κ1) is 26.2. The lowest BCUT2D eigenvalue weighted by molar-refractivity contribution is 0.0137. The van der Waals surface area contributed by atoms with Crippen LogP contribution in [0.1, 0.15) is 19.4 Å². The molecule has 0 spiro atoms. The second-order valence-electron chi connectivity index (χ2n) is 8.95. The first-order valence-corrected chi connectivity index (χ1v) is 12.0. The maximum atomic E-state index is 10.6. The largest absolute Gasteiger partial charge is 0.389 e. The predicted molar refractivity (Wildman–Crippen MR) is 134 cm³/mol. The molecule has 2 heterocycles. The molecule has 0 aliphatic carbocycles. The Hall–Kier alpha value is -2.41. The first-order valence-electron chi connectivity index (χ1n) is 12.0. The Morgan fingerprint density at radius 2 is 1.97 bits per heavy atom. The molecule has 3 rings (SSSR count). The van der Waals surface area contributed by atoms with Crippen molar-refractivity contribution in [2.24, 2.45) is 0 Å². The molecule has 34 heavy (non-hydrogen) atoms. The number of ether oxygens (including phenoxy) is 2. The Morgan fingerprint density at radius 3 is 2.65 bits per heavy atom. The second-order valence-corrected chi connectivity index (χ2v) is 8.95. The number of morpholine rings is 1. The molecule has 0 amide bonds. The van der Waals surface area contributed by atoms with Crippen LogP contribution in [0.3, 0.4) is 0 Å². The predicted octanol–water partition coefficient (Wildman–Crippen LogP) is 2.33. The van der Waals surface area contributed by atoms with Gasteiger partial charge in [0.1, 0.15) is 12.3 Å². The molecule has 1 atom stereocenters. The van der Waals surface area contributed by atoms with E-state index in [1.54, 1.807) is 0 Å². The van der Waals surface area contributed by atoms with Gasteiger partial charge in [0.2, 0.25) is 5.88 Å². The van der Waals surface area contributed by atoms with E-state index in [1.165, 1.54) is 0 Å². The number of terminal acetylenes is 1. The zero-order valence-corrected chi connectivity index (χ0v) is 20.7. The second kappa shape index (κ2) is 13.5. The highest BCUT2D eigenvalue weighted by molar-refractivity contribution is 5.68. The fourth-order valence-corrected chi connectivity index (χ4v) is 3.95. The van der Waals surface area contributed by atoms with Gasteiger partial charge in [-0.05, 0) is 13.8 Å². The van der Waals surface area contributed by atoms with Crippen LogP contribution in [0, 0.1) is 12.3 Å². The number of rotatable bonds is 13. The van der Waals surface area contributed by atoms with Gasteiger partial charge in [-0.2, -0.15) is 0 Å². The van der Waals surface area contributed by atoms with E-state index in [1.807, 2.05) is 37.4 Å². The molecule has 1 aliphatic rings.